The van der Waals surface area contributed by atoms with Gasteiger partial charge in [0.15, 0.2) is 0 Å². The van der Waals surface area contributed by atoms with E-state index in [1.54, 1.807) is 0 Å². The minimum absolute atomic E-state index is 0.133. The van der Waals surface area contributed by atoms with E-state index in [1.165, 1.54) is 0 Å². The monoisotopic (exact) mass is 244 g/mol. The Balaban J connectivity index is 2.48. The lowest BCUT2D eigenvalue weighted by atomic mass is 9.81. The van der Waals surface area contributed by atoms with Crippen LogP contribution in [-0.4, -0.2) is 42.3 Å². The number of carbonyl (C=O) groups is 2. The van der Waals surface area contributed by atoms with Gasteiger partial charge in [-0.25, -0.2) is 4.79 Å². The fourth-order valence-electron chi connectivity index (χ4n) is 2.10. The van der Waals surface area contributed by atoms with E-state index in [0.717, 1.165) is 19.3 Å². The van der Waals surface area contributed by atoms with Crippen molar-refractivity contribution in [1.29, 1.82) is 0 Å². The number of rotatable bonds is 6. The molecule has 0 bridgehead atoms. The molecule has 17 heavy (non-hydrogen) atoms. The minimum atomic E-state index is -1.10. The van der Waals surface area contributed by atoms with Crippen molar-refractivity contribution in [2.24, 2.45) is 5.73 Å². The Bertz CT molecular complexity index is 275. The van der Waals surface area contributed by atoms with Crippen molar-refractivity contribution >= 4 is 11.9 Å². The Hall–Kier alpha value is -1.14. The molecule has 1 aliphatic rings. The first-order valence-corrected chi connectivity index (χ1v) is 5.93. The van der Waals surface area contributed by atoms with Crippen molar-refractivity contribution in [2.75, 3.05) is 19.8 Å². The molecule has 1 rings (SSSR count). The molecule has 4 N–H and O–H groups in total. The van der Waals surface area contributed by atoms with Crippen LogP contribution in [-0.2, 0) is 14.3 Å². The van der Waals surface area contributed by atoms with E-state index < -0.39 is 11.5 Å². The average molecular weight is 244 g/mol. The van der Waals surface area contributed by atoms with Crippen molar-refractivity contribution in [2.45, 2.75) is 37.6 Å². The summed E-state index contributed by atoms with van der Waals surface area (Å²) in [4.78, 5) is 22.8. The lowest BCUT2D eigenvalue weighted by Crippen LogP contribution is -2.56. The Kier molecular flexibility index (Phi) is 5.37. The van der Waals surface area contributed by atoms with Gasteiger partial charge in [-0.15, -0.1) is 0 Å². The second kappa shape index (κ2) is 6.56. The van der Waals surface area contributed by atoms with Crippen molar-refractivity contribution < 1.29 is 19.4 Å². The first kappa shape index (κ1) is 13.9. The highest BCUT2D eigenvalue weighted by Gasteiger charge is 2.40. The Morgan fingerprint density at radius 1 is 1.29 bits per heavy atom. The molecule has 0 radical (unpaired) electrons. The van der Waals surface area contributed by atoms with Gasteiger partial charge < -0.3 is 20.9 Å². The van der Waals surface area contributed by atoms with E-state index in [2.05, 4.69) is 5.32 Å². The Morgan fingerprint density at radius 3 is 2.47 bits per heavy atom. The molecule has 0 unspecified atom stereocenters. The number of hydrogen-bond acceptors (Lipinski definition) is 4. The number of nitrogens with one attached hydrogen (secondary N) is 1. The highest BCUT2D eigenvalue weighted by Crippen LogP contribution is 2.28. The maximum atomic E-state index is 11.6. The number of aliphatic carboxylic acids is 1. The largest absolute Gasteiger partial charge is 0.480 e. The van der Waals surface area contributed by atoms with Crippen LogP contribution in [0.25, 0.3) is 0 Å². The zero-order valence-electron chi connectivity index (χ0n) is 9.91. The number of ether oxygens (including phenoxy) is 1. The lowest BCUT2D eigenvalue weighted by molar-refractivity contribution is -0.150. The fourth-order valence-corrected chi connectivity index (χ4v) is 2.10. The van der Waals surface area contributed by atoms with Crippen LogP contribution in [0.15, 0.2) is 0 Å². The van der Waals surface area contributed by atoms with E-state index in [4.69, 9.17) is 10.5 Å². The molecule has 0 aliphatic heterocycles. The molecule has 0 heterocycles. The summed E-state index contributed by atoms with van der Waals surface area (Å²) in [5.74, 6) is -1.34. The van der Waals surface area contributed by atoms with Gasteiger partial charge >= 0.3 is 5.97 Å². The highest BCUT2D eigenvalue weighted by atomic mass is 16.5. The van der Waals surface area contributed by atoms with Gasteiger partial charge in [-0.05, 0) is 12.8 Å². The van der Waals surface area contributed by atoms with Gasteiger partial charge in [0.1, 0.15) is 12.1 Å². The van der Waals surface area contributed by atoms with Gasteiger partial charge in [-0.3, -0.25) is 4.79 Å². The van der Waals surface area contributed by atoms with Crippen LogP contribution in [0.2, 0.25) is 0 Å². The summed E-state index contributed by atoms with van der Waals surface area (Å²) in [5.41, 5.74) is 4.13. The van der Waals surface area contributed by atoms with E-state index in [-0.39, 0.29) is 12.5 Å². The molecular formula is C11H20N2O4. The molecule has 0 saturated heterocycles. The SMILES string of the molecule is NCCOCC(=O)NC1(C(=O)O)CCCCC1. The zero-order chi connectivity index (χ0) is 12.7. The van der Waals surface area contributed by atoms with Crippen molar-refractivity contribution in [1.82, 2.24) is 5.32 Å². The maximum absolute atomic E-state index is 11.6. The molecule has 0 spiro atoms. The molecular weight excluding hydrogens is 224 g/mol. The van der Waals surface area contributed by atoms with Crippen molar-refractivity contribution in [3.05, 3.63) is 0 Å². The van der Waals surface area contributed by atoms with Crippen LogP contribution in [0.1, 0.15) is 32.1 Å². The average Bonchev–Trinajstić information content (AvgIpc) is 2.30. The number of carbonyl (C=O) groups excluding carboxylic acids is 1. The summed E-state index contributed by atoms with van der Waals surface area (Å²) < 4.78 is 4.98. The van der Waals surface area contributed by atoms with Crippen LogP contribution in [0, 0.1) is 0 Å². The fraction of sp³-hybridized carbons (Fsp3) is 0.818. The summed E-state index contributed by atoms with van der Waals surface area (Å²) in [5, 5.41) is 11.8. The molecule has 6 heteroatoms. The molecule has 0 aromatic carbocycles. The standard InChI is InChI=1S/C11H20N2O4/c12-6-7-17-8-9(14)13-11(10(15)16)4-2-1-3-5-11/h1-8,12H2,(H,13,14)(H,15,16). The molecule has 0 aromatic rings. The van der Waals surface area contributed by atoms with Crippen LogP contribution >= 0.6 is 0 Å². The minimum Gasteiger partial charge on any atom is -0.480 e. The van der Waals surface area contributed by atoms with E-state index in [0.29, 0.717) is 26.0 Å². The van der Waals surface area contributed by atoms with Crippen molar-refractivity contribution in [3.63, 3.8) is 0 Å². The van der Waals surface area contributed by atoms with Crippen LogP contribution in [0.3, 0.4) is 0 Å². The molecule has 6 nitrogen and oxygen atoms in total. The summed E-state index contributed by atoms with van der Waals surface area (Å²) in [6, 6.07) is 0. The number of nitrogens with two attached hydrogens (primary N) is 1. The van der Waals surface area contributed by atoms with Gasteiger partial charge in [0.05, 0.1) is 6.61 Å². The van der Waals surface area contributed by atoms with E-state index in [1.807, 2.05) is 0 Å². The third-order valence-corrected chi connectivity index (χ3v) is 2.99. The van der Waals surface area contributed by atoms with Crippen molar-refractivity contribution in [3.8, 4) is 0 Å². The normalized spacial score (nSPS) is 18.6. The molecule has 1 aliphatic carbocycles. The Labute approximate surface area is 101 Å². The number of amides is 1. The second-order valence-corrected chi connectivity index (χ2v) is 4.34. The van der Waals surface area contributed by atoms with Gasteiger partial charge in [0.2, 0.25) is 5.91 Å². The summed E-state index contributed by atoms with van der Waals surface area (Å²) in [6.07, 6.45) is 3.66. The predicted octanol–water partition coefficient (Wildman–Crippen LogP) is -0.135. The Morgan fingerprint density at radius 2 is 1.94 bits per heavy atom. The smallest absolute Gasteiger partial charge is 0.329 e. The number of carboxylic acid groups (broad SMARTS) is 1. The van der Waals surface area contributed by atoms with Gasteiger partial charge in [0, 0.05) is 6.54 Å². The number of carboxylic acids is 1. The maximum Gasteiger partial charge on any atom is 0.329 e. The van der Waals surface area contributed by atoms with E-state index in [9.17, 15) is 14.7 Å². The molecule has 1 fully saturated rings. The summed E-state index contributed by atoms with van der Waals surface area (Å²) in [7, 11) is 0. The molecule has 1 saturated carbocycles. The third-order valence-electron chi connectivity index (χ3n) is 2.99. The molecule has 0 atom stereocenters. The first-order valence-electron chi connectivity index (χ1n) is 5.93. The first-order chi connectivity index (χ1) is 8.10. The highest BCUT2D eigenvalue weighted by molar-refractivity contribution is 5.87. The summed E-state index contributed by atoms with van der Waals surface area (Å²) in [6.45, 7) is 0.511. The molecule has 1 amide bonds. The summed E-state index contributed by atoms with van der Waals surface area (Å²) >= 11 is 0. The second-order valence-electron chi connectivity index (χ2n) is 4.34. The van der Waals surface area contributed by atoms with Crippen LogP contribution in [0.5, 0.6) is 0 Å². The predicted molar refractivity (Wildman–Crippen MR) is 61.5 cm³/mol. The third kappa shape index (κ3) is 3.98. The van der Waals surface area contributed by atoms with Gasteiger partial charge in [-0.1, -0.05) is 19.3 Å². The van der Waals surface area contributed by atoms with E-state index >= 15 is 0 Å². The molecule has 0 aromatic heterocycles. The van der Waals surface area contributed by atoms with Gasteiger partial charge in [-0.2, -0.15) is 0 Å². The topological polar surface area (TPSA) is 102 Å². The molecule has 98 valence electrons. The van der Waals surface area contributed by atoms with Crippen LogP contribution < -0.4 is 11.1 Å². The van der Waals surface area contributed by atoms with Crippen LogP contribution in [0.4, 0.5) is 0 Å². The zero-order valence-corrected chi connectivity index (χ0v) is 9.91. The van der Waals surface area contributed by atoms with Gasteiger partial charge in [0.25, 0.3) is 0 Å². The lowest BCUT2D eigenvalue weighted by Gasteiger charge is -2.33. The quantitative estimate of drug-likeness (QED) is 0.565. The number of hydrogen-bond donors (Lipinski definition) is 3.